The predicted octanol–water partition coefficient (Wildman–Crippen LogP) is 0.859. The quantitative estimate of drug-likeness (QED) is 0.777. The maximum atomic E-state index is 11.7. The van der Waals surface area contributed by atoms with Crippen molar-refractivity contribution in [3.63, 3.8) is 0 Å². The van der Waals surface area contributed by atoms with Crippen LogP contribution >= 0.6 is 0 Å². The highest BCUT2D eigenvalue weighted by molar-refractivity contribution is 5.80. The first-order valence-corrected chi connectivity index (χ1v) is 5.03. The number of aromatic nitrogens is 2. The predicted molar refractivity (Wildman–Crippen MR) is 59.4 cm³/mol. The lowest BCUT2D eigenvalue weighted by Gasteiger charge is -2.16. The largest absolute Gasteiger partial charge is 0.396 e. The van der Waals surface area contributed by atoms with Gasteiger partial charge in [0.2, 0.25) is 5.91 Å². The Morgan fingerprint density at radius 2 is 2.13 bits per heavy atom. The molecule has 1 unspecified atom stereocenters. The summed E-state index contributed by atoms with van der Waals surface area (Å²) in [5, 5.41) is 6.91. The Morgan fingerprint density at radius 3 is 2.53 bits per heavy atom. The Bertz CT molecular complexity index is 356. The first-order valence-electron chi connectivity index (χ1n) is 5.03. The molecule has 0 spiro atoms. The van der Waals surface area contributed by atoms with Gasteiger partial charge in [0.1, 0.15) is 6.04 Å². The Morgan fingerprint density at radius 1 is 1.53 bits per heavy atom. The van der Waals surface area contributed by atoms with Gasteiger partial charge >= 0.3 is 0 Å². The summed E-state index contributed by atoms with van der Waals surface area (Å²) in [4.78, 5) is 11.7. The number of carbonyl (C=O) groups is 1. The molecule has 0 aliphatic rings. The minimum Gasteiger partial charge on any atom is -0.396 e. The molecular weight excluding hydrogens is 192 g/mol. The highest BCUT2D eigenvalue weighted by atomic mass is 16.2. The number of carbonyl (C=O) groups excluding carboxylic acids is 1. The fourth-order valence-corrected chi connectivity index (χ4v) is 1.34. The molecule has 0 aliphatic carbocycles. The first kappa shape index (κ1) is 11.6. The Kier molecular flexibility index (Phi) is 3.34. The molecule has 5 heteroatoms. The van der Waals surface area contributed by atoms with Crippen LogP contribution in [0.25, 0.3) is 0 Å². The number of anilines is 1. The molecule has 0 fully saturated rings. The van der Waals surface area contributed by atoms with Crippen molar-refractivity contribution >= 4 is 11.6 Å². The van der Waals surface area contributed by atoms with Gasteiger partial charge < -0.3 is 11.1 Å². The minimum absolute atomic E-state index is 0.0452. The second-order valence-electron chi connectivity index (χ2n) is 3.97. The summed E-state index contributed by atoms with van der Waals surface area (Å²) in [6.07, 6.45) is 1.56. The molecule has 1 amide bonds. The fraction of sp³-hybridized carbons (Fsp3) is 0.600. The standard InChI is InChI=1S/C10H18N4O/c1-6(2)13-10(15)8(4)14-7(3)9(11)5-12-14/h5-6,8H,11H2,1-4H3,(H,13,15). The van der Waals surface area contributed by atoms with E-state index in [9.17, 15) is 4.79 Å². The molecule has 1 aromatic rings. The zero-order chi connectivity index (χ0) is 11.6. The lowest BCUT2D eigenvalue weighted by molar-refractivity contribution is -0.124. The van der Waals surface area contributed by atoms with Crippen molar-refractivity contribution in [2.75, 3.05) is 5.73 Å². The van der Waals surface area contributed by atoms with Gasteiger partial charge in [-0.05, 0) is 27.7 Å². The van der Waals surface area contributed by atoms with Crippen LogP contribution in [0.1, 0.15) is 32.5 Å². The summed E-state index contributed by atoms with van der Waals surface area (Å²) >= 11 is 0. The van der Waals surface area contributed by atoms with Crippen LogP contribution in [0, 0.1) is 6.92 Å². The van der Waals surface area contributed by atoms with Gasteiger partial charge in [-0.15, -0.1) is 0 Å². The van der Waals surface area contributed by atoms with Crippen molar-refractivity contribution in [2.45, 2.75) is 39.8 Å². The van der Waals surface area contributed by atoms with E-state index in [0.29, 0.717) is 5.69 Å². The van der Waals surface area contributed by atoms with Gasteiger partial charge in [-0.25, -0.2) is 0 Å². The molecule has 5 nitrogen and oxygen atoms in total. The van der Waals surface area contributed by atoms with Crippen molar-refractivity contribution in [3.05, 3.63) is 11.9 Å². The van der Waals surface area contributed by atoms with Crippen LogP contribution in [0.5, 0.6) is 0 Å². The molecule has 1 rings (SSSR count). The number of nitrogens with zero attached hydrogens (tertiary/aromatic N) is 2. The molecule has 0 saturated heterocycles. The highest BCUT2D eigenvalue weighted by Gasteiger charge is 2.18. The summed E-state index contributed by atoms with van der Waals surface area (Å²) in [6, 6.07) is -0.196. The van der Waals surface area contributed by atoms with E-state index in [2.05, 4.69) is 10.4 Å². The van der Waals surface area contributed by atoms with Crippen molar-refractivity contribution < 1.29 is 4.79 Å². The van der Waals surface area contributed by atoms with Crippen LogP contribution in [0.4, 0.5) is 5.69 Å². The summed E-state index contributed by atoms with van der Waals surface area (Å²) in [6.45, 7) is 7.50. The zero-order valence-electron chi connectivity index (χ0n) is 9.61. The van der Waals surface area contributed by atoms with Crippen LogP contribution in [0.15, 0.2) is 6.20 Å². The molecule has 84 valence electrons. The molecule has 0 aromatic carbocycles. The normalized spacial score (nSPS) is 12.9. The third kappa shape index (κ3) is 2.49. The van der Waals surface area contributed by atoms with E-state index in [1.54, 1.807) is 17.8 Å². The second kappa shape index (κ2) is 4.33. The number of rotatable bonds is 3. The van der Waals surface area contributed by atoms with Crippen molar-refractivity contribution in [2.24, 2.45) is 0 Å². The highest BCUT2D eigenvalue weighted by Crippen LogP contribution is 2.14. The van der Waals surface area contributed by atoms with Crippen molar-refractivity contribution in [1.29, 1.82) is 0 Å². The Labute approximate surface area is 89.6 Å². The molecule has 0 saturated carbocycles. The fourth-order valence-electron chi connectivity index (χ4n) is 1.34. The third-order valence-electron chi connectivity index (χ3n) is 2.26. The van der Waals surface area contributed by atoms with Crippen LogP contribution < -0.4 is 11.1 Å². The average molecular weight is 210 g/mol. The van der Waals surface area contributed by atoms with E-state index in [1.165, 1.54) is 0 Å². The minimum atomic E-state index is -0.329. The molecule has 0 bridgehead atoms. The summed E-state index contributed by atoms with van der Waals surface area (Å²) in [5.41, 5.74) is 7.10. The van der Waals surface area contributed by atoms with Gasteiger partial charge in [0.05, 0.1) is 17.6 Å². The molecule has 0 radical (unpaired) electrons. The molecule has 15 heavy (non-hydrogen) atoms. The molecule has 1 aromatic heterocycles. The van der Waals surface area contributed by atoms with E-state index in [1.807, 2.05) is 20.8 Å². The number of amides is 1. The lowest BCUT2D eigenvalue weighted by atomic mass is 10.2. The molecule has 3 N–H and O–H groups in total. The van der Waals surface area contributed by atoms with E-state index in [-0.39, 0.29) is 18.0 Å². The number of hydrogen-bond acceptors (Lipinski definition) is 3. The SMILES string of the molecule is Cc1c(N)cnn1C(C)C(=O)NC(C)C. The van der Waals surface area contributed by atoms with Crippen LogP contribution in [-0.2, 0) is 4.79 Å². The Hall–Kier alpha value is -1.52. The maximum Gasteiger partial charge on any atom is 0.244 e. The first-order chi connectivity index (χ1) is 6.93. The zero-order valence-corrected chi connectivity index (χ0v) is 9.61. The average Bonchev–Trinajstić information content (AvgIpc) is 2.45. The van der Waals surface area contributed by atoms with Gasteiger partial charge in [0.25, 0.3) is 0 Å². The summed E-state index contributed by atoms with van der Waals surface area (Å²) in [5.74, 6) is -0.0452. The van der Waals surface area contributed by atoms with Gasteiger partial charge in [-0.1, -0.05) is 0 Å². The molecular formula is C10H18N4O. The molecule has 0 aliphatic heterocycles. The van der Waals surface area contributed by atoms with Crippen molar-refractivity contribution in [3.8, 4) is 0 Å². The lowest BCUT2D eigenvalue weighted by Crippen LogP contribution is -2.36. The summed E-state index contributed by atoms with van der Waals surface area (Å²) in [7, 11) is 0. The van der Waals surface area contributed by atoms with Gasteiger partial charge in [-0.3, -0.25) is 9.48 Å². The van der Waals surface area contributed by atoms with Gasteiger partial charge in [0, 0.05) is 6.04 Å². The number of hydrogen-bond donors (Lipinski definition) is 2. The van der Waals surface area contributed by atoms with E-state index < -0.39 is 0 Å². The van der Waals surface area contributed by atoms with E-state index in [4.69, 9.17) is 5.73 Å². The maximum absolute atomic E-state index is 11.7. The van der Waals surface area contributed by atoms with Crippen molar-refractivity contribution in [1.82, 2.24) is 15.1 Å². The topological polar surface area (TPSA) is 72.9 Å². The van der Waals surface area contributed by atoms with E-state index >= 15 is 0 Å². The number of nitrogen functional groups attached to an aromatic ring is 1. The number of nitrogens with one attached hydrogen (secondary N) is 1. The van der Waals surface area contributed by atoms with Gasteiger partial charge in [-0.2, -0.15) is 5.10 Å². The smallest absolute Gasteiger partial charge is 0.244 e. The third-order valence-corrected chi connectivity index (χ3v) is 2.26. The van der Waals surface area contributed by atoms with E-state index in [0.717, 1.165) is 5.69 Å². The number of nitrogens with two attached hydrogens (primary N) is 1. The van der Waals surface area contributed by atoms with Crippen LogP contribution in [0.3, 0.4) is 0 Å². The summed E-state index contributed by atoms with van der Waals surface area (Å²) < 4.78 is 1.63. The molecule has 1 atom stereocenters. The Balaban J connectivity index is 2.80. The molecule has 1 heterocycles. The second-order valence-corrected chi connectivity index (χ2v) is 3.97. The van der Waals surface area contributed by atoms with Crippen LogP contribution in [-0.4, -0.2) is 21.7 Å². The van der Waals surface area contributed by atoms with Gasteiger partial charge in [0.15, 0.2) is 0 Å². The van der Waals surface area contributed by atoms with Crippen LogP contribution in [0.2, 0.25) is 0 Å². The monoisotopic (exact) mass is 210 g/mol.